The van der Waals surface area contributed by atoms with Crippen LogP contribution < -0.4 is 22.5 Å². The molecule has 0 radical (unpaired) electrons. The summed E-state index contributed by atoms with van der Waals surface area (Å²) in [6.07, 6.45) is 2.43. The van der Waals surface area contributed by atoms with E-state index in [2.05, 4.69) is 10.3 Å². The number of allylic oxidation sites excluding steroid dienone is 1. The number of carbonyl (C=O) groups is 2. The second-order valence-corrected chi connectivity index (χ2v) is 3.86. The van der Waals surface area contributed by atoms with Gasteiger partial charge in [0.05, 0.1) is 0 Å². The number of aliphatic imine (C=N–C) groups is 1. The third kappa shape index (κ3) is 6.00. The number of amides is 2. The van der Waals surface area contributed by atoms with E-state index in [1.165, 1.54) is 13.1 Å². The van der Waals surface area contributed by atoms with Crippen molar-refractivity contribution in [3.05, 3.63) is 11.8 Å². The lowest BCUT2D eigenvalue weighted by Crippen LogP contribution is -2.46. The van der Waals surface area contributed by atoms with Crippen LogP contribution in [0.4, 0.5) is 0 Å². The summed E-state index contributed by atoms with van der Waals surface area (Å²) in [6, 6.07) is -0.746. The number of hydrogen-bond donors (Lipinski definition) is 4. The van der Waals surface area contributed by atoms with E-state index >= 15 is 0 Å². The van der Waals surface area contributed by atoms with Crippen molar-refractivity contribution >= 4 is 17.5 Å². The molecule has 7 nitrogen and oxygen atoms in total. The van der Waals surface area contributed by atoms with Crippen molar-refractivity contribution in [1.82, 2.24) is 5.32 Å². The Balaban J connectivity index is 4.68. The molecular formula is C11H21N5O2. The number of nitrogens with two attached hydrogens (primary N) is 3. The second kappa shape index (κ2) is 8.24. The molecular weight excluding hydrogens is 234 g/mol. The zero-order valence-corrected chi connectivity index (χ0v) is 10.8. The molecule has 0 aromatic carbocycles. The average Bonchev–Trinajstić information content (AvgIpc) is 2.30. The molecule has 0 aliphatic carbocycles. The number of carbonyl (C=O) groups excluding carboxylic acids is 2. The van der Waals surface area contributed by atoms with E-state index in [1.807, 2.05) is 0 Å². The molecule has 2 amide bonds. The van der Waals surface area contributed by atoms with Gasteiger partial charge >= 0.3 is 0 Å². The van der Waals surface area contributed by atoms with E-state index in [0.717, 1.165) is 0 Å². The summed E-state index contributed by atoms with van der Waals surface area (Å²) in [7, 11) is 1.47. The van der Waals surface area contributed by atoms with Gasteiger partial charge in [-0.15, -0.1) is 0 Å². The van der Waals surface area contributed by atoms with Crippen LogP contribution in [0.25, 0.3) is 0 Å². The van der Waals surface area contributed by atoms with Crippen LogP contribution in [0.15, 0.2) is 16.8 Å². The van der Waals surface area contributed by atoms with Gasteiger partial charge < -0.3 is 22.5 Å². The first kappa shape index (κ1) is 16.1. The standard InChI is InChI=1S/C11H21N5O2/c1-7(13)6-9(15-2)11(18)16-8(10(14)17)4-3-5-12/h6,8H,3-5,12-13H2,1-2H3,(H2,14,17)(H,16,18)/b7-6-,15-9?/t8-/m0/s1. The maximum atomic E-state index is 11.8. The summed E-state index contributed by atoms with van der Waals surface area (Å²) < 4.78 is 0. The molecule has 0 heterocycles. The normalized spacial score (nSPS) is 14.2. The summed E-state index contributed by atoms with van der Waals surface area (Å²) in [5.74, 6) is -1.08. The smallest absolute Gasteiger partial charge is 0.270 e. The Morgan fingerprint density at radius 3 is 2.39 bits per heavy atom. The molecule has 0 aliphatic heterocycles. The number of hydrogen-bond acceptors (Lipinski definition) is 5. The fourth-order valence-electron chi connectivity index (χ4n) is 1.29. The van der Waals surface area contributed by atoms with E-state index in [0.29, 0.717) is 25.1 Å². The summed E-state index contributed by atoms with van der Waals surface area (Å²) in [4.78, 5) is 26.8. The monoisotopic (exact) mass is 255 g/mol. The molecule has 0 rings (SSSR count). The van der Waals surface area contributed by atoms with Gasteiger partial charge in [-0.05, 0) is 32.4 Å². The summed E-state index contributed by atoms with van der Waals surface area (Å²) in [6.45, 7) is 2.06. The molecule has 7 N–H and O–H groups in total. The Morgan fingerprint density at radius 2 is 2.00 bits per heavy atom. The van der Waals surface area contributed by atoms with Gasteiger partial charge in [-0.1, -0.05) is 0 Å². The Morgan fingerprint density at radius 1 is 1.39 bits per heavy atom. The molecule has 0 aromatic rings. The summed E-state index contributed by atoms with van der Waals surface area (Å²) in [5.41, 5.74) is 16.6. The maximum absolute atomic E-state index is 11.8. The molecule has 0 fully saturated rings. The molecule has 1 atom stereocenters. The predicted molar refractivity (Wildman–Crippen MR) is 70.7 cm³/mol. The number of nitrogens with zero attached hydrogens (tertiary/aromatic N) is 1. The first-order chi connectivity index (χ1) is 8.42. The third-order valence-electron chi connectivity index (χ3n) is 2.18. The third-order valence-corrected chi connectivity index (χ3v) is 2.18. The van der Waals surface area contributed by atoms with Crippen LogP contribution in [0, 0.1) is 0 Å². The second-order valence-electron chi connectivity index (χ2n) is 3.86. The van der Waals surface area contributed by atoms with Crippen LogP contribution in [0.5, 0.6) is 0 Å². The van der Waals surface area contributed by atoms with Crippen LogP contribution >= 0.6 is 0 Å². The molecule has 102 valence electrons. The highest BCUT2D eigenvalue weighted by atomic mass is 16.2. The zero-order chi connectivity index (χ0) is 14.1. The van der Waals surface area contributed by atoms with Gasteiger partial charge in [-0.25, -0.2) is 0 Å². The molecule has 7 heteroatoms. The maximum Gasteiger partial charge on any atom is 0.270 e. The molecule has 0 aromatic heterocycles. The lowest BCUT2D eigenvalue weighted by molar-refractivity contribution is -0.124. The summed E-state index contributed by atoms with van der Waals surface area (Å²) >= 11 is 0. The zero-order valence-electron chi connectivity index (χ0n) is 10.8. The fourth-order valence-corrected chi connectivity index (χ4v) is 1.29. The van der Waals surface area contributed by atoms with E-state index in [9.17, 15) is 9.59 Å². The lowest BCUT2D eigenvalue weighted by atomic mass is 10.1. The molecule has 0 unspecified atom stereocenters. The highest BCUT2D eigenvalue weighted by Gasteiger charge is 2.19. The molecule has 0 spiro atoms. The van der Waals surface area contributed by atoms with Crippen LogP contribution in [0.1, 0.15) is 19.8 Å². The fraction of sp³-hybridized carbons (Fsp3) is 0.545. The van der Waals surface area contributed by atoms with Gasteiger partial charge in [-0.3, -0.25) is 14.6 Å². The largest absolute Gasteiger partial charge is 0.402 e. The van der Waals surface area contributed by atoms with Gasteiger partial charge in [0, 0.05) is 12.7 Å². The van der Waals surface area contributed by atoms with Gasteiger partial charge in [0.1, 0.15) is 11.8 Å². The van der Waals surface area contributed by atoms with Gasteiger partial charge in [0.15, 0.2) is 0 Å². The minimum Gasteiger partial charge on any atom is -0.402 e. The van der Waals surface area contributed by atoms with Gasteiger partial charge in [-0.2, -0.15) is 0 Å². The van der Waals surface area contributed by atoms with Crippen molar-refractivity contribution in [1.29, 1.82) is 0 Å². The molecule has 0 aliphatic rings. The van der Waals surface area contributed by atoms with E-state index in [1.54, 1.807) is 6.92 Å². The number of nitrogens with one attached hydrogen (secondary N) is 1. The van der Waals surface area contributed by atoms with Crippen LogP contribution in [0.3, 0.4) is 0 Å². The van der Waals surface area contributed by atoms with E-state index < -0.39 is 17.9 Å². The van der Waals surface area contributed by atoms with Crippen molar-refractivity contribution in [3.63, 3.8) is 0 Å². The molecule has 0 bridgehead atoms. The van der Waals surface area contributed by atoms with Crippen molar-refractivity contribution < 1.29 is 9.59 Å². The topological polar surface area (TPSA) is 137 Å². The minimum atomic E-state index is -0.746. The number of rotatable bonds is 7. The van der Waals surface area contributed by atoms with Gasteiger partial charge in [0.2, 0.25) is 5.91 Å². The Bertz CT molecular complexity index is 358. The Hall–Kier alpha value is -1.89. The first-order valence-electron chi connectivity index (χ1n) is 5.63. The molecule has 18 heavy (non-hydrogen) atoms. The highest BCUT2D eigenvalue weighted by molar-refractivity contribution is 6.43. The van der Waals surface area contributed by atoms with Crippen molar-refractivity contribution in [2.75, 3.05) is 13.6 Å². The van der Waals surface area contributed by atoms with Crippen molar-refractivity contribution in [2.45, 2.75) is 25.8 Å². The summed E-state index contributed by atoms with van der Waals surface area (Å²) in [5, 5.41) is 2.51. The Kier molecular flexibility index (Phi) is 7.37. The SMILES string of the molecule is CN=C(/C=C(/C)N)C(=O)N[C@@H](CCCN)C(N)=O. The molecule has 0 saturated heterocycles. The highest BCUT2D eigenvalue weighted by Crippen LogP contribution is 1.97. The van der Waals surface area contributed by atoms with E-state index in [4.69, 9.17) is 17.2 Å². The van der Waals surface area contributed by atoms with Gasteiger partial charge in [0.25, 0.3) is 5.91 Å². The number of primary amides is 1. The Labute approximate surface area is 106 Å². The quantitative estimate of drug-likeness (QED) is 0.417. The van der Waals surface area contributed by atoms with Crippen molar-refractivity contribution in [3.8, 4) is 0 Å². The minimum absolute atomic E-state index is 0.147. The first-order valence-corrected chi connectivity index (χ1v) is 5.63. The van der Waals surface area contributed by atoms with Crippen LogP contribution in [0.2, 0.25) is 0 Å². The average molecular weight is 255 g/mol. The van der Waals surface area contributed by atoms with Crippen molar-refractivity contribution in [2.24, 2.45) is 22.2 Å². The van der Waals surface area contributed by atoms with Crippen LogP contribution in [-0.2, 0) is 9.59 Å². The van der Waals surface area contributed by atoms with E-state index in [-0.39, 0.29) is 5.71 Å². The molecule has 0 saturated carbocycles. The van der Waals surface area contributed by atoms with Crippen LogP contribution in [-0.4, -0.2) is 37.2 Å². The predicted octanol–water partition coefficient (Wildman–Crippen LogP) is -1.37. The lowest BCUT2D eigenvalue weighted by Gasteiger charge is -2.14.